The molecule has 0 aliphatic rings. The highest BCUT2D eigenvalue weighted by atomic mass is 16.5. The predicted octanol–water partition coefficient (Wildman–Crippen LogP) is 4.35. The van der Waals surface area contributed by atoms with Crippen LogP contribution in [-0.2, 0) is 29.3 Å². The van der Waals surface area contributed by atoms with Gasteiger partial charge in [-0.2, -0.15) is 5.26 Å². The molecule has 166 valence electrons. The summed E-state index contributed by atoms with van der Waals surface area (Å²) in [4.78, 5) is 12.2. The summed E-state index contributed by atoms with van der Waals surface area (Å²) in [7, 11) is 1.52. The highest BCUT2D eigenvalue weighted by Crippen LogP contribution is 2.27. The molecule has 32 heavy (non-hydrogen) atoms. The Morgan fingerprint density at radius 2 is 1.94 bits per heavy atom. The van der Waals surface area contributed by atoms with Crippen LogP contribution in [0.5, 0.6) is 11.5 Å². The molecular weight excluding hydrogens is 408 g/mol. The van der Waals surface area contributed by atoms with E-state index in [9.17, 15) is 4.79 Å². The Labute approximate surface area is 187 Å². The molecule has 0 bridgehead atoms. The Morgan fingerprint density at radius 1 is 1.06 bits per heavy atom. The van der Waals surface area contributed by atoms with Crippen molar-refractivity contribution in [2.24, 2.45) is 0 Å². The van der Waals surface area contributed by atoms with Crippen molar-refractivity contribution in [1.29, 1.82) is 5.26 Å². The molecule has 1 aromatic heterocycles. The molecule has 0 saturated heterocycles. The van der Waals surface area contributed by atoms with Crippen LogP contribution in [0.25, 0.3) is 0 Å². The molecule has 0 spiro atoms. The van der Waals surface area contributed by atoms with Gasteiger partial charge in [-0.05, 0) is 41.8 Å². The van der Waals surface area contributed by atoms with E-state index in [-0.39, 0.29) is 5.91 Å². The third-order valence-electron chi connectivity index (χ3n) is 4.67. The van der Waals surface area contributed by atoms with Crippen LogP contribution in [0.1, 0.15) is 35.3 Å². The predicted molar refractivity (Wildman–Crippen MR) is 118 cm³/mol. The van der Waals surface area contributed by atoms with E-state index in [1.165, 1.54) is 7.11 Å². The quantitative estimate of drug-likeness (QED) is 0.426. The van der Waals surface area contributed by atoms with Crippen molar-refractivity contribution in [2.45, 2.75) is 32.6 Å². The van der Waals surface area contributed by atoms with Crippen molar-refractivity contribution < 1.29 is 23.4 Å². The molecule has 3 aromatic rings. The first-order chi connectivity index (χ1) is 15.7. The number of hydrogen-bond donors (Lipinski definition) is 1. The number of hydrogen-bond acceptors (Lipinski definition) is 6. The zero-order valence-corrected chi connectivity index (χ0v) is 18.0. The molecule has 0 fully saturated rings. The summed E-state index contributed by atoms with van der Waals surface area (Å²) in [6.45, 7) is 1.72. The lowest BCUT2D eigenvalue weighted by atomic mass is 10.1. The summed E-state index contributed by atoms with van der Waals surface area (Å²) >= 11 is 0. The number of furan rings is 1. The molecule has 0 radical (unpaired) electrons. The van der Waals surface area contributed by atoms with E-state index in [0.29, 0.717) is 56.3 Å². The SMILES string of the molecule is COc1cc(C#N)ccc1OCCCC(=O)NCc1cccc(COCc2ccco2)c1. The molecule has 0 atom stereocenters. The second-order valence-corrected chi connectivity index (χ2v) is 7.10. The Bertz CT molecular complexity index is 1040. The van der Waals surface area contributed by atoms with E-state index < -0.39 is 0 Å². The van der Waals surface area contributed by atoms with Crippen LogP contribution in [0.15, 0.2) is 65.3 Å². The smallest absolute Gasteiger partial charge is 0.220 e. The molecular formula is C25H26N2O5. The zero-order chi connectivity index (χ0) is 22.6. The minimum Gasteiger partial charge on any atom is -0.493 e. The van der Waals surface area contributed by atoms with Crippen molar-refractivity contribution >= 4 is 5.91 Å². The first kappa shape index (κ1) is 22.9. The van der Waals surface area contributed by atoms with Gasteiger partial charge in [-0.1, -0.05) is 24.3 Å². The van der Waals surface area contributed by atoms with Crippen molar-refractivity contribution in [2.75, 3.05) is 13.7 Å². The average molecular weight is 434 g/mol. The average Bonchev–Trinajstić information content (AvgIpc) is 3.34. The van der Waals surface area contributed by atoms with Gasteiger partial charge in [-0.15, -0.1) is 0 Å². The number of ether oxygens (including phenoxy) is 3. The fourth-order valence-electron chi connectivity index (χ4n) is 3.05. The molecule has 0 saturated carbocycles. The first-order valence-electron chi connectivity index (χ1n) is 10.3. The molecule has 7 heteroatoms. The van der Waals surface area contributed by atoms with E-state index in [2.05, 4.69) is 11.4 Å². The number of benzene rings is 2. The second-order valence-electron chi connectivity index (χ2n) is 7.10. The molecule has 0 aliphatic carbocycles. The van der Waals surface area contributed by atoms with Gasteiger partial charge in [0.1, 0.15) is 12.4 Å². The highest BCUT2D eigenvalue weighted by molar-refractivity contribution is 5.75. The summed E-state index contributed by atoms with van der Waals surface area (Å²) in [5.74, 6) is 1.80. The van der Waals surface area contributed by atoms with Gasteiger partial charge in [0.2, 0.25) is 5.91 Å². The Hall–Kier alpha value is -3.76. The second kappa shape index (κ2) is 12.2. The molecule has 7 nitrogen and oxygen atoms in total. The normalized spacial score (nSPS) is 10.4. The van der Waals surface area contributed by atoms with Crippen molar-refractivity contribution in [3.05, 3.63) is 83.3 Å². The molecule has 2 aromatic carbocycles. The molecule has 1 heterocycles. The van der Waals surface area contributed by atoms with Gasteiger partial charge in [0.25, 0.3) is 0 Å². The summed E-state index contributed by atoms with van der Waals surface area (Å²) in [5.41, 5.74) is 2.55. The number of nitrogens with one attached hydrogen (secondary N) is 1. The monoisotopic (exact) mass is 434 g/mol. The number of nitrogens with zero attached hydrogens (tertiary/aromatic N) is 1. The lowest BCUT2D eigenvalue weighted by Crippen LogP contribution is -2.23. The Kier molecular flexibility index (Phi) is 8.72. The number of rotatable bonds is 12. The maximum absolute atomic E-state index is 12.2. The van der Waals surface area contributed by atoms with E-state index in [1.807, 2.05) is 36.4 Å². The van der Waals surface area contributed by atoms with Crippen LogP contribution in [0.4, 0.5) is 0 Å². The standard InChI is InChI=1S/C25H26N2O5/c1-29-24-14-19(15-26)9-10-23(24)32-12-4-8-25(28)27-16-20-5-2-6-21(13-20)17-30-18-22-7-3-11-31-22/h2-3,5-7,9-11,13-14H,4,8,12,16-18H2,1H3,(H,27,28). The fourth-order valence-corrected chi connectivity index (χ4v) is 3.05. The number of amides is 1. The summed E-state index contributed by atoms with van der Waals surface area (Å²) in [6.07, 6.45) is 2.54. The minimum absolute atomic E-state index is 0.0418. The van der Waals surface area contributed by atoms with Crippen LogP contribution in [0.2, 0.25) is 0 Å². The summed E-state index contributed by atoms with van der Waals surface area (Å²) in [5, 5.41) is 11.9. The lowest BCUT2D eigenvalue weighted by molar-refractivity contribution is -0.121. The van der Waals surface area contributed by atoms with E-state index >= 15 is 0 Å². The third-order valence-corrected chi connectivity index (χ3v) is 4.67. The Balaban J connectivity index is 1.35. The maximum atomic E-state index is 12.2. The fraction of sp³-hybridized carbons (Fsp3) is 0.280. The Morgan fingerprint density at radius 3 is 2.72 bits per heavy atom. The summed E-state index contributed by atoms with van der Waals surface area (Å²) in [6, 6.07) is 18.7. The number of carbonyl (C=O) groups is 1. The van der Waals surface area contributed by atoms with Gasteiger partial charge in [-0.25, -0.2) is 0 Å². The van der Waals surface area contributed by atoms with Crippen LogP contribution in [0, 0.1) is 11.3 Å². The van der Waals surface area contributed by atoms with Gasteiger partial charge in [-0.3, -0.25) is 4.79 Å². The van der Waals surface area contributed by atoms with Gasteiger partial charge in [0.15, 0.2) is 11.5 Å². The minimum atomic E-state index is -0.0418. The zero-order valence-electron chi connectivity index (χ0n) is 18.0. The van der Waals surface area contributed by atoms with Crippen molar-refractivity contribution in [1.82, 2.24) is 5.32 Å². The number of nitriles is 1. The lowest BCUT2D eigenvalue weighted by Gasteiger charge is -2.11. The molecule has 1 N–H and O–H groups in total. The van der Waals surface area contributed by atoms with E-state index in [0.717, 1.165) is 16.9 Å². The number of carbonyl (C=O) groups excluding carboxylic acids is 1. The molecule has 0 unspecified atom stereocenters. The van der Waals surface area contributed by atoms with Gasteiger partial charge < -0.3 is 23.9 Å². The van der Waals surface area contributed by atoms with Gasteiger partial charge in [0, 0.05) is 19.0 Å². The third kappa shape index (κ3) is 7.18. The first-order valence-corrected chi connectivity index (χ1v) is 10.3. The van der Waals surface area contributed by atoms with E-state index in [4.69, 9.17) is 23.9 Å². The van der Waals surface area contributed by atoms with Crippen LogP contribution < -0.4 is 14.8 Å². The largest absolute Gasteiger partial charge is 0.493 e. The van der Waals surface area contributed by atoms with Crippen molar-refractivity contribution in [3.63, 3.8) is 0 Å². The molecule has 0 aliphatic heterocycles. The van der Waals surface area contributed by atoms with Crippen LogP contribution in [0.3, 0.4) is 0 Å². The highest BCUT2D eigenvalue weighted by Gasteiger charge is 2.07. The van der Waals surface area contributed by atoms with Crippen molar-refractivity contribution in [3.8, 4) is 17.6 Å². The summed E-state index contributed by atoms with van der Waals surface area (Å²) < 4.78 is 21.8. The van der Waals surface area contributed by atoms with Crippen LogP contribution >= 0.6 is 0 Å². The topological polar surface area (TPSA) is 93.7 Å². The van der Waals surface area contributed by atoms with E-state index in [1.54, 1.807) is 24.5 Å². The molecule has 1 amide bonds. The maximum Gasteiger partial charge on any atom is 0.220 e. The van der Waals surface area contributed by atoms with Crippen LogP contribution in [-0.4, -0.2) is 19.6 Å². The molecule has 3 rings (SSSR count). The van der Waals surface area contributed by atoms with Gasteiger partial charge in [0.05, 0.1) is 38.2 Å². The van der Waals surface area contributed by atoms with Gasteiger partial charge >= 0.3 is 0 Å². The number of methoxy groups -OCH3 is 1.